The topological polar surface area (TPSA) is 65.0 Å². The highest BCUT2D eigenvalue weighted by Gasteiger charge is 2.52. The van der Waals surface area contributed by atoms with Crippen LogP contribution >= 0.6 is 0 Å². The minimum Gasteiger partial charge on any atom is -0.508 e. The third-order valence-electron chi connectivity index (χ3n) is 13.7. The van der Waals surface area contributed by atoms with Crippen LogP contribution in [0.5, 0.6) is 11.5 Å². The minimum absolute atomic E-state index is 0.0383. The second-order valence-corrected chi connectivity index (χ2v) is 19.3. The van der Waals surface area contributed by atoms with Gasteiger partial charge in [0.15, 0.2) is 6.61 Å². The van der Waals surface area contributed by atoms with Crippen LogP contribution in [0.3, 0.4) is 0 Å². The van der Waals surface area contributed by atoms with Crippen LogP contribution in [0.1, 0.15) is 182 Å². The van der Waals surface area contributed by atoms with Crippen molar-refractivity contribution in [2.24, 2.45) is 21.7 Å². The highest BCUT2D eigenvalue weighted by Crippen LogP contribution is 2.63. The summed E-state index contributed by atoms with van der Waals surface area (Å²) in [5.41, 5.74) is 5.19. The molecule has 1 N–H and O–H groups in total. The maximum absolute atomic E-state index is 12.3. The zero-order valence-electron chi connectivity index (χ0n) is 38.8. The molecule has 0 aliphatic heterocycles. The summed E-state index contributed by atoms with van der Waals surface area (Å²) >= 11 is 0. The first-order valence-corrected chi connectivity index (χ1v) is 21.9. The van der Waals surface area contributed by atoms with Crippen molar-refractivity contribution in [1.82, 2.24) is 0 Å². The number of phenolic OH excluding ortho intramolecular Hbond substituents is 1. The van der Waals surface area contributed by atoms with E-state index in [1.165, 1.54) is 11.1 Å². The van der Waals surface area contributed by atoms with Crippen LogP contribution in [-0.4, -0.2) is 23.3 Å². The van der Waals surface area contributed by atoms with Crippen LogP contribution in [0.25, 0.3) is 11.8 Å². The minimum atomic E-state index is -0.590. The van der Waals surface area contributed by atoms with Gasteiger partial charge in [0.1, 0.15) is 29.5 Å². The van der Waals surface area contributed by atoms with Gasteiger partial charge in [-0.3, -0.25) is 0 Å². The number of allylic oxidation sites excluding steroid dienone is 1. The Morgan fingerprint density at radius 2 is 1.33 bits per heavy atom. The van der Waals surface area contributed by atoms with Gasteiger partial charge in [0.2, 0.25) is 0 Å². The Balaban J connectivity index is 1.97. The number of ether oxygens (including phenoxy) is 3. The fourth-order valence-corrected chi connectivity index (χ4v) is 9.15. The van der Waals surface area contributed by atoms with Gasteiger partial charge in [-0.1, -0.05) is 156 Å². The smallest absolute Gasteiger partial charge is 0.344 e. The molecule has 3 atom stereocenters. The molecule has 0 aliphatic rings. The van der Waals surface area contributed by atoms with Gasteiger partial charge in [-0.05, 0) is 122 Å². The fourth-order valence-electron chi connectivity index (χ4n) is 9.15. The molecule has 0 aromatic heterocycles. The second-order valence-electron chi connectivity index (χ2n) is 19.3. The summed E-state index contributed by atoms with van der Waals surface area (Å²) < 4.78 is 17.7. The average Bonchev–Trinajstić information content (AvgIpc) is 3.18. The molecule has 5 nitrogen and oxygen atoms in total. The van der Waals surface area contributed by atoms with E-state index >= 15 is 0 Å². The maximum atomic E-state index is 12.3. The van der Waals surface area contributed by atoms with Gasteiger partial charge >= 0.3 is 5.97 Å². The standard InChI is InChI=1S/C53H78O5/c1-16-23-44-43(38(7)56-37-48(55)58-49(8,9)10)24-22-25-47(44)57-36-39-26-28-40(29-27-39)45(51(13,14)18-3)35-52(15,19-4)53(20-5,21-6)46(34-50(11,12)17-2)41-30-32-42(54)33-31-41/h16,22-33,45-46,54H,7,17-21,34-37H2,1-6,8-15H3. The number of hydrogen-bond acceptors (Lipinski definition) is 5. The van der Waals surface area contributed by atoms with E-state index in [0.29, 0.717) is 30.0 Å². The molecule has 0 aliphatic carbocycles. The Morgan fingerprint density at radius 3 is 1.84 bits per heavy atom. The number of carbonyl (C=O) groups excluding carboxylic acids is 1. The Kier molecular flexibility index (Phi) is 16.9. The van der Waals surface area contributed by atoms with Crippen molar-refractivity contribution in [3.05, 3.63) is 107 Å². The van der Waals surface area contributed by atoms with Crippen LogP contribution in [0.15, 0.2) is 79.4 Å². The lowest BCUT2D eigenvalue weighted by Crippen LogP contribution is -2.46. The highest BCUT2D eigenvalue weighted by molar-refractivity contribution is 5.76. The van der Waals surface area contributed by atoms with Crippen molar-refractivity contribution >= 4 is 17.8 Å². The van der Waals surface area contributed by atoms with Crippen LogP contribution in [0, 0.1) is 21.7 Å². The predicted molar refractivity (Wildman–Crippen MR) is 245 cm³/mol. The van der Waals surface area contributed by atoms with Crippen LogP contribution < -0.4 is 4.74 Å². The molecular weight excluding hydrogens is 717 g/mol. The first-order valence-electron chi connectivity index (χ1n) is 21.9. The third kappa shape index (κ3) is 12.0. The summed E-state index contributed by atoms with van der Waals surface area (Å²) in [5.74, 6) is 1.69. The third-order valence-corrected chi connectivity index (χ3v) is 13.7. The average molecular weight is 795 g/mol. The molecule has 0 bridgehead atoms. The number of carbonyl (C=O) groups is 1. The second kappa shape index (κ2) is 20.3. The number of esters is 1. The molecule has 0 spiro atoms. The first kappa shape index (κ1) is 48.4. The van der Waals surface area contributed by atoms with Gasteiger partial charge in [-0.15, -0.1) is 0 Å². The molecule has 58 heavy (non-hydrogen) atoms. The highest BCUT2D eigenvalue weighted by atomic mass is 16.6. The largest absolute Gasteiger partial charge is 0.508 e. The monoisotopic (exact) mass is 795 g/mol. The van der Waals surface area contributed by atoms with Gasteiger partial charge in [-0.2, -0.15) is 0 Å². The summed E-state index contributed by atoms with van der Waals surface area (Å²) in [7, 11) is 0. The van der Waals surface area contributed by atoms with Crippen LogP contribution in [0.4, 0.5) is 0 Å². The molecule has 0 radical (unpaired) electrons. The van der Waals surface area contributed by atoms with Gasteiger partial charge in [0.25, 0.3) is 0 Å². The molecule has 3 unspecified atom stereocenters. The van der Waals surface area contributed by atoms with E-state index in [9.17, 15) is 9.90 Å². The lowest BCUT2D eigenvalue weighted by molar-refractivity contribution is -0.157. The van der Waals surface area contributed by atoms with E-state index in [4.69, 9.17) is 14.2 Å². The number of rotatable bonds is 22. The molecule has 0 amide bonds. The lowest BCUT2D eigenvalue weighted by Gasteiger charge is -2.57. The quantitative estimate of drug-likeness (QED) is 0.0810. The molecule has 0 saturated heterocycles. The number of hydrogen-bond donors (Lipinski definition) is 1. The van der Waals surface area contributed by atoms with E-state index in [0.717, 1.165) is 67.4 Å². The number of phenols is 1. The van der Waals surface area contributed by atoms with E-state index in [1.807, 2.05) is 70.2 Å². The van der Waals surface area contributed by atoms with E-state index in [-0.39, 0.29) is 28.3 Å². The molecular formula is C53H78O5. The zero-order chi connectivity index (χ0) is 43.5. The molecule has 3 aromatic carbocycles. The van der Waals surface area contributed by atoms with E-state index < -0.39 is 11.6 Å². The first-order chi connectivity index (χ1) is 27.1. The lowest BCUT2D eigenvalue weighted by atomic mass is 9.48. The Morgan fingerprint density at radius 1 is 0.741 bits per heavy atom. The summed E-state index contributed by atoms with van der Waals surface area (Å²) in [6, 6.07) is 23.1. The van der Waals surface area contributed by atoms with Crippen molar-refractivity contribution in [2.45, 2.75) is 166 Å². The van der Waals surface area contributed by atoms with Crippen LogP contribution in [0.2, 0.25) is 0 Å². The summed E-state index contributed by atoms with van der Waals surface area (Å²) in [5, 5.41) is 10.3. The van der Waals surface area contributed by atoms with Gasteiger partial charge in [-0.25, -0.2) is 4.79 Å². The molecule has 320 valence electrons. The van der Waals surface area contributed by atoms with Gasteiger partial charge < -0.3 is 19.3 Å². The Labute approximate surface area is 353 Å². The summed E-state index contributed by atoms with van der Waals surface area (Å²) in [6.45, 7) is 36.0. The maximum Gasteiger partial charge on any atom is 0.344 e. The molecule has 3 aromatic rings. The van der Waals surface area contributed by atoms with Crippen molar-refractivity contribution in [1.29, 1.82) is 0 Å². The molecule has 0 fully saturated rings. The van der Waals surface area contributed by atoms with Gasteiger partial charge in [0, 0.05) is 11.1 Å². The Hall–Kier alpha value is -3.99. The van der Waals surface area contributed by atoms with Crippen molar-refractivity contribution in [3.8, 4) is 11.5 Å². The molecule has 5 heteroatoms. The molecule has 0 saturated carbocycles. The number of aromatic hydroxyl groups is 1. The van der Waals surface area contributed by atoms with Crippen molar-refractivity contribution in [2.75, 3.05) is 6.61 Å². The van der Waals surface area contributed by atoms with E-state index in [1.54, 1.807) is 0 Å². The predicted octanol–water partition coefficient (Wildman–Crippen LogP) is 15.1. The molecule has 0 heterocycles. The van der Waals surface area contributed by atoms with Crippen LogP contribution in [-0.2, 0) is 20.9 Å². The Bertz CT molecular complexity index is 1790. The SMILES string of the molecule is C=C(OCC(=O)OC(C)(C)C)c1cccc(OCc2ccc(C(CC(C)(CC)C(CC)(CC)C(CC(C)(C)CC)c3ccc(O)cc3)C(C)(C)CC)cc2)c1C=CC. The van der Waals surface area contributed by atoms with E-state index in [2.05, 4.69) is 112 Å². The van der Waals surface area contributed by atoms with Gasteiger partial charge in [0.05, 0.1) is 0 Å². The fraction of sp³-hybridized carbons (Fsp3) is 0.566. The normalized spacial score (nSPS) is 14.8. The summed E-state index contributed by atoms with van der Waals surface area (Å²) in [4.78, 5) is 12.3. The van der Waals surface area contributed by atoms with Crippen molar-refractivity contribution in [3.63, 3.8) is 0 Å². The number of benzene rings is 3. The molecule has 3 rings (SSSR count). The summed E-state index contributed by atoms with van der Waals surface area (Å²) in [6.07, 6.45) is 11.6. The zero-order valence-corrected chi connectivity index (χ0v) is 38.8. The van der Waals surface area contributed by atoms with Crippen molar-refractivity contribution < 1.29 is 24.1 Å².